The van der Waals surface area contributed by atoms with Gasteiger partial charge in [0.2, 0.25) is 0 Å². The molecular weight excluding hydrogens is 348 g/mol. The van der Waals surface area contributed by atoms with Gasteiger partial charge in [0.15, 0.2) is 0 Å². The second-order valence-electron chi connectivity index (χ2n) is 6.67. The Morgan fingerprint density at radius 2 is 1.68 bits per heavy atom. The number of rotatable bonds is 4. The molecule has 0 saturated carbocycles. The minimum atomic E-state index is -0.156. The molecule has 1 aromatic heterocycles. The number of allylic oxidation sites excluding steroid dienone is 1. The van der Waals surface area contributed by atoms with Gasteiger partial charge in [-0.1, -0.05) is 42.5 Å². The SMILES string of the molecule is COc1ccc([C@H]2C[C@H](c3ccncc3)C(C#N)=C(c3ccccc3)O2)cc1. The van der Waals surface area contributed by atoms with Crippen molar-refractivity contribution in [2.75, 3.05) is 7.11 Å². The molecule has 1 aliphatic rings. The Hall–Kier alpha value is -3.58. The van der Waals surface area contributed by atoms with Crippen LogP contribution in [0.4, 0.5) is 0 Å². The molecule has 0 radical (unpaired) electrons. The first-order valence-electron chi connectivity index (χ1n) is 9.20. The van der Waals surface area contributed by atoms with Crippen LogP contribution < -0.4 is 4.74 Å². The third-order valence-electron chi connectivity index (χ3n) is 5.06. The lowest BCUT2D eigenvalue weighted by Gasteiger charge is -2.32. The maximum atomic E-state index is 9.96. The summed E-state index contributed by atoms with van der Waals surface area (Å²) in [7, 11) is 1.65. The average Bonchev–Trinajstić information content (AvgIpc) is 2.79. The van der Waals surface area contributed by atoms with Crippen molar-refractivity contribution in [3.63, 3.8) is 0 Å². The minimum absolute atomic E-state index is 0.0518. The summed E-state index contributed by atoms with van der Waals surface area (Å²) >= 11 is 0. The number of pyridine rings is 1. The molecule has 0 spiro atoms. The predicted molar refractivity (Wildman–Crippen MR) is 107 cm³/mol. The van der Waals surface area contributed by atoms with Crippen LogP contribution in [-0.2, 0) is 4.74 Å². The highest BCUT2D eigenvalue weighted by atomic mass is 16.5. The minimum Gasteiger partial charge on any atom is -0.497 e. The standard InChI is InChI=1S/C24H20N2O2/c1-27-20-9-7-18(8-10-20)23-15-21(17-11-13-26-14-12-17)22(16-25)24(28-23)19-5-3-2-4-6-19/h2-14,21,23H,15H2,1H3/t21-,23-/m1/s1. The molecule has 0 fully saturated rings. The molecule has 4 heteroatoms. The molecule has 0 bridgehead atoms. The molecular formula is C24H20N2O2. The maximum absolute atomic E-state index is 9.96. The number of methoxy groups -OCH3 is 1. The van der Waals surface area contributed by atoms with E-state index >= 15 is 0 Å². The normalized spacial score (nSPS) is 18.9. The summed E-state index contributed by atoms with van der Waals surface area (Å²) in [6.07, 6.45) is 4.07. The van der Waals surface area contributed by atoms with Crippen LogP contribution in [0.3, 0.4) is 0 Å². The summed E-state index contributed by atoms with van der Waals surface area (Å²) in [4.78, 5) is 4.12. The molecule has 2 atom stereocenters. The molecule has 0 amide bonds. The van der Waals surface area contributed by atoms with E-state index in [-0.39, 0.29) is 12.0 Å². The second kappa shape index (κ2) is 7.98. The van der Waals surface area contributed by atoms with Gasteiger partial charge in [0.05, 0.1) is 18.8 Å². The third-order valence-corrected chi connectivity index (χ3v) is 5.06. The van der Waals surface area contributed by atoms with Crippen LogP contribution in [-0.4, -0.2) is 12.1 Å². The summed E-state index contributed by atoms with van der Waals surface area (Å²) < 4.78 is 11.7. The average molecular weight is 368 g/mol. The quantitative estimate of drug-likeness (QED) is 0.629. The Labute approximate surface area is 164 Å². The first kappa shape index (κ1) is 17.8. The summed E-state index contributed by atoms with van der Waals surface area (Å²) in [6, 6.07) is 24.1. The number of nitriles is 1. The zero-order chi connectivity index (χ0) is 19.3. The predicted octanol–water partition coefficient (Wildman–Crippen LogP) is 5.27. The third kappa shape index (κ3) is 3.47. The zero-order valence-electron chi connectivity index (χ0n) is 15.6. The fraction of sp³-hybridized carbons (Fsp3) is 0.167. The van der Waals surface area contributed by atoms with Crippen LogP contribution in [0, 0.1) is 11.3 Å². The van der Waals surface area contributed by atoms with Gasteiger partial charge in [0, 0.05) is 30.3 Å². The molecule has 4 nitrogen and oxygen atoms in total. The van der Waals surface area contributed by atoms with Crippen LogP contribution in [0.1, 0.15) is 35.1 Å². The molecule has 0 unspecified atom stereocenters. The van der Waals surface area contributed by atoms with E-state index in [9.17, 15) is 5.26 Å². The van der Waals surface area contributed by atoms with Crippen LogP contribution in [0.2, 0.25) is 0 Å². The number of aromatic nitrogens is 1. The van der Waals surface area contributed by atoms with Gasteiger partial charge in [0.1, 0.15) is 17.6 Å². The molecule has 1 aliphatic heterocycles. The first-order chi connectivity index (χ1) is 13.8. The van der Waals surface area contributed by atoms with Crippen molar-refractivity contribution in [3.05, 3.63) is 101 Å². The number of hydrogen-bond acceptors (Lipinski definition) is 4. The fourth-order valence-electron chi connectivity index (χ4n) is 3.61. The van der Waals surface area contributed by atoms with Gasteiger partial charge in [-0.3, -0.25) is 4.98 Å². The monoisotopic (exact) mass is 368 g/mol. The van der Waals surface area contributed by atoms with E-state index in [1.165, 1.54) is 0 Å². The largest absolute Gasteiger partial charge is 0.497 e. The lowest BCUT2D eigenvalue weighted by Crippen LogP contribution is -2.19. The summed E-state index contributed by atoms with van der Waals surface area (Å²) in [6.45, 7) is 0. The van der Waals surface area contributed by atoms with E-state index < -0.39 is 0 Å². The number of benzene rings is 2. The molecule has 3 aromatic rings. The summed E-state index contributed by atoms with van der Waals surface area (Å²) in [5, 5.41) is 9.96. The van der Waals surface area contributed by atoms with Crippen molar-refractivity contribution < 1.29 is 9.47 Å². The first-order valence-corrected chi connectivity index (χ1v) is 9.20. The number of ether oxygens (including phenoxy) is 2. The Balaban J connectivity index is 1.80. The topological polar surface area (TPSA) is 55.1 Å². The highest BCUT2D eigenvalue weighted by molar-refractivity contribution is 5.70. The van der Waals surface area contributed by atoms with Gasteiger partial charge < -0.3 is 9.47 Å². The Morgan fingerprint density at radius 3 is 2.32 bits per heavy atom. The smallest absolute Gasteiger partial charge is 0.141 e. The second-order valence-corrected chi connectivity index (χ2v) is 6.67. The van der Waals surface area contributed by atoms with Crippen molar-refractivity contribution >= 4 is 5.76 Å². The lowest BCUT2D eigenvalue weighted by atomic mass is 9.82. The van der Waals surface area contributed by atoms with Crippen molar-refractivity contribution in [1.82, 2.24) is 4.98 Å². The molecule has 0 aliphatic carbocycles. The molecule has 138 valence electrons. The van der Waals surface area contributed by atoms with Crippen molar-refractivity contribution in [2.24, 2.45) is 0 Å². The maximum Gasteiger partial charge on any atom is 0.141 e. The molecule has 4 rings (SSSR count). The van der Waals surface area contributed by atoms with Crippen molar-refractivity contribution in [3.8, 4) is 11.8 Å². The van der Waals surface area contributed by atoms with Gasteiger partial charge in [-0.25, -0.2) is 0 Å². The summed E-state index contributed by atoms with van der Waals surface area (Å²) in [5.74, 6) is 1.41. The van der Waals surface area contributed by atoms with Gasteiger partial charge in [-0.05, 0) is 35.4 Å². The highest BCUT2D eigenvalue weighted by Gasteiger charge is 2.33. The molecule has 2 heterocycles. The molecule has 0 N–H and O–H groups in total. The van der Waals surface area contributed by atoms with Crippen molar-refractivity contribution in [2.45, 2.75) is 18.4 Å². The fourth-order valence-corrected chi connectivity index (χ4v) is 3.61. The summed E-state index contributed by atoms with van der Waals surface area (Å²) in [5.41, 5.74) is 3.70. The van der Waals surface area contributed by atoms with E-state index in [2.05, 4.69) is 11.1 Å². The van der Waals surface area contributed by atoms with E-state index in [1.54, 1.807) is 19.5 Å². The van der Waals surface area contributed by atoms with E-state index in [0.717, 1.165) is 22.4 Å². The van der Waals surface area contributed by atoms with Gasteiger partial charge in [-0.2, -0.15) is 5.26 Å². The van der Waals surface area contributed by atoms with Crippen LogP contribution in [0.15, 0.2) is 84.7 Å². The van der Waals surface area contributed by atoms with Crippen molar-refractivity contribution in [1.29, 1.82) is 5.26 Å². The van der Waals surface area contributed by atoms with Crippen LogP contribution in [0.25, 0.3) is 5.76 Å². The number of nitrogens with zero attached hydrogens (tertiary/aromatic N) is 2. The molecule has 0 saturated heterocycles. The molecule has 2 aromatic carbocycles. The van der Waals surface area contributed by atoms with Gasteiger partial charge in [-0.15, -0.1) is 0 Å². The van der Waals surface area contributed by atoms with E-state index in [4.69, 9.17) is 9.47 Å². The van der Waals surface area contributed by atoms with E-state index in [0.29, 0.717) is 17.8 Å². The lowest BCUT2D eigenvalue weighted by molar-refractivity contribution is 0.138. The number of hydrogen-bond donors (Lipinski definition) is 0. The zero-order valence-corrected chi connectivity index (χ0v) is 15.6. The van der Waals surface area contributed by atoms with Gasteiger partial charge >= 0.3 is 0 Å². The Kier molecular flexibility index (Phi) is 5.07. The molecule has 28 heavy (non-hydrogen) atoms. The van der Waals surface area contributed by atoms with Gasteiger partial charge in [0.25, 0.3) is 0 Å². The highest BCUT2D eigenvalue weighted by Crippen LogP contribution is 2.45. The van der Waals surface area contributed by atoms with Crippen LogP contribution in [0.5, 0.6) is 5.75 Å². The van der Waals surface area contributed by atoms with Crippen LogP contribution >= 0.6 is 0 Å². The Bertz CT molecular complexity index is 1010. The van der Waals surface area contributed by atoms with E-state index in [1.807, 2.05) is 66.7 Å². The Morgan fingerprint density at radius 1 is 0.964 bits per heavy atom.